The maximum Gasteiger partial charge on any atom is 0.264 e. The van der Waals surface area contributed by atoms with E-state index in [-0.39, 0.29) is 28.3 Å². The molecule has 0 fully saturated rings. The van der Waals surface area contributed by atoms with E-state index in [4.69, 9.17) is 16.3 Å². The van der Waals surface area contributed by atoms with E-state index in [1.165, 1.54) is 24.3 Å². The molecular weight excluding hydrogens is 467 g/mol. The Morgan fingerprint density at radius 2 is 1.79 bits per heavy atom. The van der Waals surface area contributed by atoms with E-state index < -0.39 is 28.3 Å². The number of ether oxygens (including phenoxy) is 1. The van der Waals surface area contributed by atoms with Gasteiger partial charge in [-0.15, -0.1) is 0 Å². The molecule has 0 spiro atoms. The summed E-state index contributed by atoms with van der Waals surface area (Å²) in [7, 11) is -4.11. The van der Waals surface area contributed by atoms with E-state index in [0.717, 1.165) is 15.9 Å². The Labute approximate surface area is 198 Å². The molecule has 0 atom stereocenters. The van der Waals surface area contributed by atoms with Crippen molar-refractivity contribution in [3.8, 4) is 5.75 Å². The Morgan fingerprint density at radius 1 is 1.06 bits per heavy atom. The quantitative estimate of drug-likeness (QED) is 0.468. The Kier molecular flexibility index (Phi) is 7.94. The third-order valence-corrected chi connectivity index (χ3v) is 6.65. The first-order chi connectivity index (χ1) is 15.7. The van der Waals surface area contributed by atoms with Gasteiger partial charge in [-0.05, 0) is 61.9 Å². The monoisotopic (exact) mass is 490 g/mol. The summed E-state index contributed by atoms with van der Waals surface area (Å²) >= 11 is 5.87. The van der Waals surface area contributed by atoms with Crippen LogP contribution in [0.15, 0.2) is 77.7 Å². The summed E-state index contributed by atoms with van der Waals surface area (Å²) in [6, 6.07) is 18.4. The van der Waals surface area contributed by atoms with Crippen molar-refractivity contribution in [1.29, 1.82) is 0 Å². The molecule has 3 aromatic rings. The standard InChI is InChI=1S/C24H24ClFN2O4S/c1-17(2)32-20-8-6-7-18(13-20)15-27-24(29)16-28(19-11-12-23(26)22(25)14-19)33(30,31)21-9-4-3-5-10-21/h3-14,17H,15-16H2,1-2H3,(H,27,29). The van der Waals surface area contributed by atoms with E-state index in [1.54, 1.807) is 24.3 Å². The lowest BCUT2D eigenvalue weighted by Crippen LogP contribution is -2.40. The van der Waals surface area contributed by atoms with E-state index in [9.17, 15) is 17.6 Å². The smallest absolute Gasteiger partial charge is 0.264 e. The second-order valence-electron chi connectivity index (χ2n) is 7.51. The molecule has 9 heteroatoms. The fourth-order valence-corrected chi connectivity index (χ4v) is 4.67. The highest BCUT2D eigenvalue weighted by Crippen LogP contribution is 2.27. The molecule has 6 nitrogen and oxygen atoms in total. The van der Waals surface area contributed by atoms with Crippen LogP contribution in [-0.4, -0.2) is 27.0 Å². The topological polar surface area (TPSA) is 75.7 Å². The number of hydrogen-bond donors (Lipinski definition) is 1. The molecule has 0 aliphatic heterocycles. The number of rotatable bonds is 9. The van der Waals surface area contributed by atoms with Crippen molar-refractivity contribution in [3.63, 3.8) is 0 Å². The van der Waals surface area contributed by atoms with E-state index in [1.807, 2.05) is 32.0 Å². The number of amides is 1. The average Bonchev–Trinajstić information content (AvgIpc) is 2.78. The van der Waals surface area contributed by atoms with E-state index in [2.05, 4.69) is 5.32 Å². The molecule has 0 bridgehead atoms. The Morgan fingerprint density at radius 3 is 2.45 bits per heavy atom. The van der Waals surface area contributed by atoms with Gasteiger partial charge < -0.3 is 10.1 Å². The lowest BCUT2D eigenvalue weighted by atomic mass is 10.2. The number of carbonyl (C=O) groups is 1. The fraction of sp³-hybridized carbons (Fsp3) is 0.208. The summed E-state index contributed by atoms with van der Waals surface area (Å²) in [5.41, 5.74) is 0.872. The van der Waals surface area contributed by atoms with Crippen LogP contribution in [0.5, 0.6) is 5.75 Å². The number of nitrogens with one attached hydrogen (secondary N) is 1. The van der Waals surface area contributed by atoms with Crippen LogP contribution in [0.4, 0.5) is 10.1 Å². The fourth-order valence-electron chi connectivity index (χ4n) is 3.06. The second kappa shape index (κ2) is 10.7. The van der Waals surface area contributed by atoms with Gasteiger partial charge in [-0.2, -0.15) is 0 Å². The van der Waals surface area contributed by atoms with Gasteiger partial charge in [-0.3, -0.25) is 9.10 Å². The molecule has 174 valence electrons. The molecule has 0 radical (unpaired) electrons. The van der Waals surface area contributed by atoms with Gasteiger partial charge in [0.1, 0.15) is 18.1 Å². The summed E-state index contributed by atoms with van der Waals surface area (Å²) in [6.07, 6.45) is 0.00845. The highest BCUT2D eigenvalue weighted by molar-refractivity contribution is 7.92. The molecule has 0 aromatic heterocycles. The lowest BCUT2D eigenvalue weighted by Gasteiger charge is -2.24. The minimum absolute atomic E-state index is 0.00298. The maximum atomic E-state index is 13.7. The zero-order chi connectivity index (χ0) is 24.0. The van der Waals surface area contributed by atoms with Crippen molar-refractivity contribution in [2.45, 2.75) is 31.4 Å². The molecule has 0 aliphatic carbocycles. The SMILES string of the molecule is CC(C)Oc1cccc(CNC(=O)CN(c2ccc(F)c(Cl)c2)S(=O)(=O)c2ccccc2)c1. The number of halogens is 2. The minimum Gasteiger partial charge on any atom is -0.491 e. The average molecular weight is 491 g/mol. The third-order valence-electron chi connectivity index (χ3n) is 4.57. The highest BCUT2D eigenvalue weighted by atomic mass is 35.5. The van der Waals surface area contributed by atoms with Gasteiger partial charge in [0, 0.05) is 6.54 Å². The summed E-state index contributed by atoms with van der Waals surface area (Å²) in [5, 5.41) is 2.47. The second-order valence-corrected chi connectivity index (χ2v) is 9.78. The Hall–Kier alpha value is -3.10. The van der Waals surface area contributed by atoms with E-state index >= 15 is 0 Å². The van der Waals surface area contributed by atoms with Gasteiger partial charge in [0.25, 0.3) is 10.0 Å². The molecule has 0 unspecified atom stereocenters. The number of hydrogen-bond acceptors (Lipinski definition) is 4. The zero-order valence-electron chi connectivity index (χ0n) is 18.2. The lowest BCUT2D eigenvalue weighted by molar-refractivity contribution is -0.119. The predicted molar refractivity (Wildman–Crippen MR) is 126 cm³/mol. The van der Waals surface area contributed by atoms with Crippen LogP contribution < -0.4 is 14.4 Å². The summed E-state index contributed by atoms with van der Waals surface area (Å²) in [4.78, 5) is 12.7. The first-order valence-corrected chi connectivity index (χ1v) is 12.0. The summed E-state index contributed by atoms with van der Waals surface area (Å²) in [6.45, 7) is 3.49. The van der Waals surface area contributed by atoms with Gasteiger partial charge in [-0.25, -0.2) is 12.8 Å². The maximum absolute atomic E-state index is 13.7. The van der Waals surface area contributed by atoms with Crippen molar-refractivity contribution >= 4 is 33.2 Å². The van der Waals surface area contributed by atoms with Gasteiger partial charge >= 0.3 is 0 Å². The van der Waals surface area contributed by atoms with Gasteiger partial charge in [0.2, 0.25) is 5.91 Å². The first kappa shape index (κ1) is 24.5. The number of anilines is 1. The molecule has 0 saturated heterocycles. The molecule has 3 rings (SSSR count). The number of carbonyl (C=O) groups excluding carboxylic acids is 1. The Balaban J connectivity index is 1.81. The molecule has 3 aromatic carbocycles. The van der Waals surface area contributed by atoms with Crippen molar-refractivity contribution in [3.05, 3.63) is 89.2 Å². The van der Waals surface area contributed by atoms with Gasteiger partial charge in [0.15, 0.2) is 0 Å². The molecule has 0 heterocycles. The predicted octanol–water partition coefficient (Wildman–Crippen LogP) is 4.78. The molecule has 1 amide bonds. The van der Waals surface area contributed by atoms with Crippen LogP contribution in [0.25, 0.3) is 0 Å². The van der Waals surface area contributed by atoms with Gasteiger partial charge in [0.05, 0.1) is 21.7 Å². The largest absolute Gasteiger partial charge is 0.491 e. The van der Waals surface area contributed by atoms with Crippen LogP contribution in [0.3, 0.4) is 0 Å². The highest BCUT2D eigenvalue weighted by Gasteiger charge is 2.27. The molecule has 33 heavy (non-hydrogen) atoms. The van der Waals surface area contributed by atoms with Crippen molar-refractivity contribution < 1.29 is 22.3 Å². The van der Waals surface area contributed by atoms with Crippen LogP contribution >= 0.6 is 11.6 Å². The van der Waals surface area contributed by atoms with E-state index in [0.29, 0.717) is 5.75 Å². The minimum atomic E-state index is -4.11. The summed E-state index contributed by atoms with van der Waals surface area (Å²) in [5.74, 6) is -0.554. The first-order valence-electron chi connectivity index (χ1n) is 10.2. The van der Waals surface area contributed by atoms with Crippen LogP contribution in [0, 0.1) is 5.82 Å². The van der Waals surface area contributed by atoms with Crippen molar-refractivity contribution in [2.24, 2.45) is 0 Å². The molecule has 0 aliphatic rings. The van der Waals surface area contributed by atoms with Crippen LogP contribution in [0.2, 0.25) is 5.02 Å². The summed E-state index contributed by atoms with van der Waals surface area (Å²) < 4.78 is 46.8. The van der Waals surface area contributed by atoms with Crippen molar-refractivity contribution in [1.82, 2.24) is 5.32 Å². The normalized spacial score (nSPS) is 11.3. The number of sulfonamides is 1. The Bertz CT molecular complexity index is 1220. The number of nitrogens with zero attached hydrogens (tertiary/aromatic N) is 1. The molecular formula is C24H24ClFN2O4S. The number of benzene rings is 3. The molecule has 0 saturated carbocycles. The third kappa shape index (κ3) is 6.46. The molecule has 1 N–H and O–H groups in total. The van der Waals surface area contributed by atoms with Crippen LogP contribution in [-0.2, 0) is 21.4 Å². The van der Waals surface area contributed by atoms with Crippen LogP contribution in [0.1, 0.15) is 19.4 Å². The van der Waals surface area contributed by atoms with Gasteiger partial charge in [-0.1, -0.05) is 41.9 Å². The zero-order valence-corrected chi connectivity index (χ0v) is 19.7. The van der Waals surface area contributed by atoms with Crippen molar-refractivity contribution in [2.75, 3.05) is 10.8 Å².